The number of carbonyl (C=O) groups excluding carboxylic acids is 1. The van der Waals surface area contributed by atoms with E-state index in [4.69, 9.17) is 4.74 Å². The number of amides is 1. The third kappa shape index (κ3) is 3.42. The van der Waals surface area contributed by atoms with Crippen molar-refractivity contribution in [2.45, 2.75) is 25.8 Å². The summed E-state index contributed by atoms with van der Waals surface area (Å²) in [5.74, 6) is 0.298. The fraction of sp³-hybridized carbons (Fsp3) is 0.471. The molecule has 1 fully saturated rings. The van der Waals surface area contributed by atoms with E-state index in [-0.39, 0.29) is 17.9 Å². The first-order valence-corrected chi connectivity index (χ1v) is 7.96. The summed E-state index contributed by atoms with van der Waals surface area (Å²) in [4.78, 5) is 18.4. The lowest BCUT2D eigenvalue weighted by Gasteiger charge is -2.31. The highest BCUT2D eigenvalue weighted by Crippen LogP contribution is 2.25. The molecule has 1 unspecified atom stereocenters. The Bertz CT molecular complexity index is 633. The summed E-state index contributed by atoms with van der Waals surface area (Å²) in [7, 11) is 1.88. The van der Waals surface area contributed by atoms with Crippen molar-refractivity contribution in [3.05, 3.63) is 42.5 Å². The largest absolute Gasteiger partial charge is 0.381 e. The predicted octanol–water partition coefficient (Wildman–Crippen LogP) is 2.21. The molecule has 122 valence electrons. The molecule has 1 aliphatic rings. The fourth-order valence-electron chi connectivity index (χ4n) is 2.89. The Morgan fingerprint density at radius 2 is 2.00 bits per heavy atom. The van der Waals surface area contributed by atoms with Gasteiger partial charge in [-0.25, -0.2) is 9.67 Å². The van der Waals surface area contributed by atoms with Crippen LogP contribution >= 0.6 is 0 Å². The van der Waals surface area contributed by atoms with E-state index in [1.54, 1.807) is 11.0 Å². The van der Waals surface area contributed by atoms with Crippen LogP contribution in [0.5, 0.6) is 0 Å². The van der Waals surface area contributed by atoms with Crippen molar-refractivity contribution in [1.82, 2.24) is 19.7 Å². The molecule has 0 aliphatic carbocycles. The van der Waals surface area contributed by atoms with Gasteiger partial charge in [-0.2, -0.15) is 5.10 Å². The molecule has 2 heterocycles. The monoisotopic (exact) mass is 314 g/mol. The first-order valence-electron chi connectivity index (χ1n) is 7.96. The summed E-state index contributed by atoms with van der Waals surface area (Å²) in [6, 6.07) is 8.10. The van der Waals surface area contributed by atoms with Crippen LogP contribution in [0.15, 0.2) is 36.9 Å². The SMILES string of the molecule is CC(c1ccc(-n2cncn2)cc1)N(C)C(=O)C1CCOCC1. The normalized spacial score (nSPS) is 17.0. The smallest absolute Gasteiger partial charge is 0.226 e. The summed E-state index contributed by atoms with van der Waals surface area (Å²) < 4.78 is 7.05. The maximum absolute atomic E-state index is 12.6. The first-order chi connectivity index (χ1) is 11.2. The molecule has 0 spiro atoms. The molecule has 0 bridgehead atoms. The van der Waals surface area contributed by atoms with Gasteiger partial charge in [-0.1, -0.05) is 12.1 Å². The Morgan fingerprint density at radius 1 is 1.30 bits per heavy atom. The molecule has 1 amide bonds. The number of nitrogens with zero attached hydrogens (tertiary/aromatic N) is 4. The van der Waals surface area contributed by atoms with Crippen LogP contribution in [0.2, 0.25) is 0 Å². The molecule has 6 heteroatoms. The second-order valence-electron chi connectivity index (χ2n) is 5.94. The fourth-order valence-corrected chi connectivity index (χ4v) is 2.89. The molecule has 1 aromatic carbocycles. The minimum absolute atomic E-state index is 0.0372. The topological polar surface area (TPSA) is 60.2 Å². The molecule has 1 atom stereocenters. The zero-order chi connectivity index (χ0) is 16.2. The number of hydrogen-bond donors (Lipinski definition) is 0. The van der Waals surface area contributed by atoms with Crippen molar-refractivity contribution < 1.29 is 9.53 Å². The summed E-state index contributed by atoms with van der Waals surface area (Å²) in [6.07, 6.45) is 4.82. The average molecular weight is 314 g/mol. The van der Waals surface area contributed by atoms with Gasteiger partial charge >= 0.3 is 0 Å². The number of ether oxygens (including phenoxy) is 1. The quantitative estimate of drug-likeness (QED) is 0.868. The Kier molecular flexibility index (Phi) is 4.71. The van der Waals surface area contributed by atoms with Gasteiger partial charge in [0.15, 0.2) is 0 Å². The standard InChI is InChI=1S/C17H22N4O2/c1-13(20(2)17(22)15-7-9-23-10-8-15)14-3-5-16(6-4-14)21-12-18-11-19-21/h3-6,11-13,15H,7-10H2,1-2H3. The number of carbonyl (C=O) groups is 1. The zero-order valence-electron chi connectivity index (χ0n) is 13.6. The number of rotatable bonds is 4. The van der Waals surface area contributed by atoms with E-state index in [2.05, 4.69) is 17.0 Å². The average Bonchev–Trinajstić information content (AvgIpc) is 3.15. The maximum Gasteiger partial charge on any atom is 0.226 e. The van der Waals surface area contributed by atoms with Crippen LogP contribution in [0.25, 0.3) is 5.69 Å². The first kappa shape index (κ1) is 15.7. The van der Waals surface area contributed by atoms with Crippen molar-refractivity contribution in [2.75, 3.05) is 20.3 Å². The van der Waals surface area contributed by atoms with E-state index in [0.717, 1.165) is 24.1 Å². The van der Waals surface area contributed by atoms with Gasteiger partial charge in [0, 0.05) is 26.2 Å². The molecule has 1 aliphatic heterocycles. The second-order valence-corrected chi connectivity index (χ2v) is 5.94. The van der Waals surface area contributed by atoms with Gasteiger partial charge in [-0.05, 0) is 37.5 Å². The van der Waals surface area contributed by atoms with Crippen LogP contribution in [0, 0.1) is 5.92 Å². The lowest BCUT2D eigenvalue weighted by atomic mass is 9.97. The molecule has 1 saturated heterocycles. The van der Waals surface area contributed by atoms with Gasteiger partial charge in [-0.15, -0.1) is 0 Å². The van der Waals surface area contributed by atoms with Crippen LogP contribution in [0.4, 0.5) is 0 Å². The van der Waals surface area contributed by atoms with Gasteiger partial charge in [0.05, 0.1) is 11.7 Å². The summed E-state index contributed by atoms with van der Waals surface area (Å²) in [6.45, 7) is 3.43. The Hall–Kier alpha value is -2.21. The molecule has 2 aromatic rings. The maximum atomic E-state index is 12.6. The number of benzene rings is 1. The van der Waals surface area contributed by atoms with Crippen molar-refractivity contribution in [3.8, 4) is 5.69 Å². The third-order valence-corrected chi connectivity index (χ3v) is 4.56. The van der Waals surface area contributed by atoms with Crippen LogP contribution in [0.3, 0.4) is 0 Å². The van der Waals surface area contributed by atoms with Gasteiger partial charge in [-0.3, -0.25) is 4.79 Å². The van der Waals surface area contributed by atoms with E-state index < -0.39 is 0 Å². The molecule has 0 radical (unpaired) electrons. The zero-order valence-corrected chi connectivity index (χ0v) is 13.6. The molecule has 1 aromatic heterocycles. The Labute approximate surface area is 136 Å². The van der Waals surface area contributed by atoms with E-state index in [9.17, 15) is 4.79 Å². The minimum atomic E-state index is 0.0372. The minimum Gasteiger partial charge on any atom is -0.381 e. The van der Waals surface area contributed by atoms with Crippen molar-refractivity contribution in [1.29, 1.82) is 0 Å². The predicted molar refractivity (Wildman–Crippen MR) is 86.1 cm³/mol. The van der Waals surface area contributed by atoms with Crippen molar-refractivity contribution in [3.63, 3.8) is 0 Å². The lowest BCUT2D eigenvalue weighted by Crippen LogP contribution is -2.37. The molecule has 23 heavy (non-hydrogen) atoms. The van der Waals surface area contributed by atoms with E-state index in [1.165, 1.54) is 6.33 Å². The third-order valence-electron chi connectivity index (χ3n) is 4.56. The molecular weight excluding hydrogens is 292 g/mol. The highest BCUT2D eigenvalue weighted by molar-refractivity contribution is 5.79. The molecule has 6 nitrogen and oxygen atoms in total. The van der Waals surface area contributed by atoms with Crippen LogP contribution in [0.1, 0.15) is 31.4 Å². The van der Waals surface area contributed by atoms with Gasteiger partial charge in [0.25, 0.3) is 0 Å². The molecule has 0 N–H and O–H groups in total. The van der Waals surface area contributed by atoms with Crippen molar-refractivity contribution in [2.24, 2.45) is 5.92 Å². The van der Waals surface area contributed by atoms with Gasteiger partial charge in [0.2, 0.25) is 5.91 Å². The van der Waals surface area contributed by atoms with E-state index >= 15 is 0 Å². The van der Waals surface area contributed by atoms with Crippen molar-refractivity contribution >= 4 is 5.91 Å². The summed E-state index contributed by atoms with van der Waals surface area (Å²) >= 11 is 0. The van der Waals surface area contributed by atoms with Crippen LogP contribution < -0.4 is 0 Å². The summed E-state index contributed by atoms with van der Waals surface area (Å²) in [5.41, 5.74) is 2.06. The Morgan fingerprint density at radius 3 is 2.61 bits per heavy atom. The molecule has 0 saturated carbocycles. The highest BCUT2D eigenvalue weighted by atomic mass is 16.5. The lowest BCUT2D eigenvalue weighted by molar-refractivity contribution is -0.139. The number of aromatic nitrogens is 3. The molecule has 3 rings (SSSR count). The Balaban J connectivity index is 1.69. The van der Waals surface area contributed by atoms with E-state index in [1.807, 2.05) is 36.2 Å². The van der Waals surface area contributed by atoms with Gasteiger partial charge in [0.1, 0.15) is 12.7 Å². The highest BCUT2D eigenvalue weighted by Gasteiger charge is 2.27. The summed E-state index contributed by atoms with van der Waals surface area (Å²) in [5, 5.41) is 4.11. The van der Waals surface area contributed by atoms with Gasteiger partial charge < -0.3 is 9.64 Å². The molecular formula is C17H22N4O2. The number of hydrogen-bond acceptors (Lipinski definition) is 4. The van der Waals surface area contributed by atoms with Crippen LogP contribution in [-0.2, 0) is 9.53 Å². The second kappa shape index (κ2) is 6.91. The van der Waals surface area contributed by atoms with Crippen LogP contribution in [-0.4, -0.2) is 45.8 Å². The van der Waals surface area contributed by atoms with E-state index in [0.29, 0.717) is 13.2 Å².